The van der Waals surface area contributed by atoms with Gasteiger partial charge in [0, 0.05) is 36.1 Å². The molecule has 1 heterocycles. The number of unbranched alkanes of at least 4 members (excludes halogenated alkanes) is 1. The van der Waals surface area contributed by atoms with Crippen LogP contribution >= 0.6 is 0 Å². The average Bonchev–Trinajstić information content (AvgIpc) is 2.80. The molecule has 1 aromatic heterocycles. The summed E-state index contributed by atoms with van der Waals surface area (Å²) in [7, 11) is 1.70. The van der Waals surface area contributed by atoms with Gasteiger partial charge in [0.25, 0.3) is 11.8 Å². The number of hydrogen-bond donors (Lipinski definition) is 2. The second kappa shape index (κ2) is 9.69. The summed E-state index contributed by atoms with van der Waals surface area (Å²) in [4.78, 5) is 31.0. The van der Waals surface area contributed by atoms with Crippen molar-refractivity contribution in [3.8, 4) is 0 Å². The largest absolute Gasteiger partial charge is 0.385 e. The molecule has 2 aromatic rings. The number of aromatic nitrogens is 1. The summed E-state index contributed by atoms with van der Waals surface area (Å²) in [6.07, 6.45) is 8.29. The first-order chi connectivity index (χ1) is 16.9. The lowest BCUT2D eigenvalue weighted by molar-refractivity contribution is -0.0448. The van der Waals surface area contributed by atoms with Crippen LogP contribution in [0.2, 0.25) is 0 Å². The predicted molar refractivity (Wildman–Crippen MR) is 131 cm³/mol. The Bertz CT molecular complexity index is 1090. The Morgan fingerprint density at radius 1 is 1.00 bits per heavy atom. The summed E-state index contributed by atoms with van der Waals surface area (Å²) in [5, 5.41) is 6.62. The standard InChI is InChI=1S/C28H34FN3O3/c1-35-11-3-2-8-23-9-5-10-24(30-23)26(34)32-28-16-19-12-20(17-28)15-27(14-19,18-28)31-25(33)21-6-4-7-22(29)13-21/h4-7,9-10,13,19-20H,2-3,8,11-12,14-18H2,1H3,(H,31,33)(H,32,34). The van der Waals surface area contributed by atoms with Crippen LogP contribution in [0, 0.1) is 17.7 Å². The van der Waals surface area contributed by atoms with Gasteiger partial charge in [-0.25, -0.2) is 9.37 Å². The van der Waals surface area contributed by atoms with E-state index in [9.17, 15) is 14.0 Å². The van der Waals surface area contributed by atoms with Gasteiger partial charge >= 0.3 is 0 Å². The number of halogens is 1. The molecule has 7 heteroatoms. The average molecular weight is 480 g/mol. The molecule has 186 valence electrons. The number of nitrogens with one attached hydrogen (secondary N) is 2. The summed E-state index contributed by atoms with van der Waals surface area (Å²) >= 11 is 0. The highest BCUT2D eigenvalue weighted by molar-refractivity contribution is 5.95. The zero-order valence-electron chi connectivity index (χ0n) is 20.3. The van der Waals surface area contributed by atoms with E-state index in [0.29, 0.717) is 29.5 Å². The van der Waals surface area contributed by atoms with E-state index in [2.05, 4.69) is 15.6 Å². The number of rotatable bonds is 9. The van der Waals surface area contributed by atoms with Crippen molar-refractivity contribution in [2.24, 2.45) is 11.8 Å². The van der Waals surface area contributed by atoms with Crippen molar-refractivity contribution in [2.75, 3.05) is 13.7 Å². The van der Waals surface area contributed by atoms with Crippen molar-refractivity contribution in [3.05, 3.63) is 65.2 Å². The molecule has 4 saturated carbocycles. The molecule has 2 unspecified atom stereocenters. The third kappa shape index (κ3) is 5.25. The van der Waals surface area contributed by atoms with E-state index < -0.39 is 5.82 Å². The number of ether oxygens (including phenoxy) is 1. The summed E-state index contributed by atoms with van der Waals surface area (Å²) in [6.45, 7) is 0.725. The second-order valence-electron chi connectivity index (χ2n) is 10.9. The van der Waals surface area contributed by atoms with Crippen LogP contribution in [0.15, 0.2) is 42.5 Å². The minimum absolute atomic E-state index is 0.141. The maximum absolute atomic E-state index is 13.7. The summed E-state index contributed by atoms with van der Waals surface area (Å²) in [5.74, 6) is 0.127. The first-order valence-corrected chi connectivity index (χ1v) is 12.7. The van der Waals surface area contributed by atoms with Crippen molar-refractivity contribution < 1.29 is 18.7 Å². The van der Waals surface area contributed by atoms with E-state index in [-0.39, 0.29) is 22.9 Å². The number of nitrogens with zero attached hydrogens (tertiary/aromatic N) is 1. The Hall–Kier alpha value is -2.80. The van der Waals surface area contributed by atoms with Crippen LogP contribution in [0.3, 0.4) is 0 Å². The molecule has 4 aliphatic carbocycles. The fraction of sp³-hybridized carbons (Fsp3) is 0.536. The highest BCUT2D eigenvalue weighted by Gasteiger charge is 2.58. The number of hydrogen-bond acceptors (Lipinski definition) is 4. The number of amides is 2. The summed E-state index contributed by atoms with van der Waals surface area (Å²) < 4.78 is 18.8. The second-order valence-corrected chi connectivity index (χ2v) is 10.9. The van der Waals surface area contributed by atoms with E-state index in [1.807, 2.05) is 12.1 Å². The number of aryl methyl sites for hydroxylation is 1. The molecule has 4 aliphatic rings. The van der Waals surface area contributed by atoms with Crippen molar-refractivity contribution >= 4 is 11.8 Å². The summed E-state index contributed by atoms with van der Waals surface area (Å²) in [6, 6.07) is 11.5. The molecule has 6 rings (SSSR count). The normalized spacial score (nSPS) is 28.6. The lowest BCUT2D eigenvalue weighted by Crippen LogP contribution is -2.69. The van der Waals surface area contributed by atoms with Crippen LogP contribution in [0.4, 0.5) is 4.39 Å². The van der Waals surface area contributed by atoms with Crippen molar-refractivity contribution in [3.63, 3.8) is 0 Å². The number of methoxy groups -OCH3 is 1. The molecule has 6 nitrogen and oxygen atoms in total. The maximum atomic E-state index is 13.7. The molecule has 1 aromatic carbocycles. The zero-order chi connectivity index (χ0) is 24.5. The monoisotopic (exact) mass is 479 g/mol. The molecule has 2 N–H and O–H groups in total. The molecule has 2 atom stereocenters. The minimum Gasteiger partial charge on any atom is -0.385 e. The molecule has 2 amide bonds. The van der Waals surface area contributed by atoms with Gasteiger partial charge in [0.05, 0.1) is 0 Å². The molecule has 0 spiro atoms. The Morgan fingerprint density at radius 3 is 2.37 bits per heavy atom. The van der Waals surface area contributed by atoms with E-state index in [4.69, 9.17) is 4.74 Å². The first-order valence-electron chi connectivity index (χ1n) is 12.7. The quantitative estimate of drug-likeness (QED) is 0.521. The van der Waals surface area contributed by atoms with Crippen molar-refractivity contribution in [2.45, 2.75) is 68.9 Å². The lowest BCUT2D eigenvalue weighted by atomic mass is 9.49. The molecular formula is C28H34FN3O3. The van der Waals surface area contributed by atoms with Crippen molar-refractivity contribution in [1.29, 1.82) is 0 Å². The van der Waals surface area contributed by atoms with Gasteiger partial charge in [-0.05, 0) is 100.0 Å². The van der Waals surface area contributed by atoms with E-state index in [1.54, 1.807) is 25.3 Å². The summed E-state index contributed by atoms with van der Waals surface area (Å²) in [5.41, 5.74) is 0.996. The van der Waals surface area contributed by atoms with E-state index >= 15 is 0 Å². The SMILES string of the molecule is COCCCCc1cccc(C(=O)NC23CC4CC(CC(NC(=O)c5cccc(F)c5)(C4)C2)C3)n1. The highest BCUT2D eigenvalue weighted by Crippen LogP contribution is 2.57. The van der Waals surface area contributed by atoms with Gasteiger partial charge in [-0.1, -0.05) is 12.1 Å². The highest BCUT2D eigenvalue weighted by atomic mass is 19.1. The third-order valence-electron chi connectivity index (χ3n) is 7.98. The molecule has 0 radical (unpaired) electrons. The smallest absolute Gasteiger partial charge is 0.270 e. The molecule has 35 heavy (non-hydrogen) atoms. The molecule has 0 aliphatic heterocycles. The maximum Gasteiger partial charge on any atom is 0.270 e. The van der Waals surface area contributed by atoms with Crippen LogP contribution in [-0.2, 0) is 11.2 Å². The van der Waals surface area contributed by atoms with Crippen LogP contribution in [0.1, 0.15) is 77.9 Å². The zero-order valence-corrected chi connectivity index (χ0v) is 20.3. The van der Waals surface area contributed by atoms with Gasteiger partial charge < -0.3 is 15.4 Å². The van der Waals surface area contributed by atoms with E-state index in [1.165, 1.54) is 12.1 Å². The van der Waals surface area contributed by atoms with Crippen molar-refractivity contribution in [1.82, 2.24) is 15.6 Å². The van der Waals surface area contributed by atoms with Gasteiger partial charge in [0.15, 0.2) is 0 Å². The minimum atomic E-state index is -0.416. The van der Waals surface area contributed by atoms with Crippen LogP contribution < -0.4 is 10.6 Å². The van der Waals surface area contributed by atoms with Gasteiger partial charge in [0.1, 0.15) is 11.5 Å². The van der Waals surface area contributed by atoms with Gasteiger partial charge in [-0.3, -0.25) is 9.59 Å². The fourth-order valence-corrected chi connectivity index (χ4v) is 7.10. The topological polar surface area (TPSA) is 80.3 Å². The lowest BCUT2D eigenvalue weighted by Gasteiger charge is -2.62. The van der Waals surface area contributed by atoms with E-state index in [0.717, 1.165) is 63.7 Å². The van der Waals surface area contributed by atoms with Gasteiger partial charge in [0.2, 0.25) is 0 Å². The Kier molecular flexibility index (Phi) is 6.62. The van der Waals surface area contributed by atoms with Crippen LogP contribution in [-0.4, -0.2) is 41.6 Å². The molecule has 0 saturated heterocycles. The predicted octanol–water partition coefficient (Wildman–Crippen LogP) is 4.44. The van der Waals surface area contributed by atoms with Crippen LogP contribution in [0.25, 0.3) is 0 Å². The number of benzene rings is 1. The Morgan fingerprint density at radius 2 is 1.69 bits per heavy atom. The Balaban J connectivity index is 1.29. The van der Waals surface area contributed by atoms with Gasteiger partial charge in [-0.15, -0.1) is 0 Å². The fourth-order valence-electron chi connectivity index (χ4n) is 7.10. The Labute approximate surface area is 206 Å². The molecular weight excluding hydrogens is 445 g/mol. The molecule has 4 fully saturated rings. The first kappa shape index (κ1) is 23.9. The van der Waals surface area contributed by atoms with Gasteiger partial charge in [-0.2, -0.15) is 0 Å². The molecule has 4 bridgehead atoms. The number of pyridine rings is 1. The van der Waals surface area contributed by atoms with Crippen LogP contribution in [0.5, 0.6) is 0 Å². The number of carbonyl (C=O) groups excluding carboxylic acids is 2. The third-order valence-corrected chi connectivity index (χ3v) is 7.98. The number of carbonyl (C=O) groups is 2.